The second-order valence-electron chi connectivity index (χ2n) is 5.60. The molecule has 22 heavy (non-hydrogen) atoms. The SMILES string of the molecule is Cc1ccc2cccc(NC(=O)N[C@@H]3C=C[C@H](CO)C3)c2n1. The van der Waals surface area contributed by atoms with Crippen molar-refractivity contribution in [2.24, 2.45) is 5.92 Å². The van der Waals surface area contributed by atoms with Crippen molar-refractivity contribution in [1.82, 2.24) is 10.3 Å². The van der Waals surface area contributed by atoms with Crippen molar-refractivity contribution in [2.75, 3.05) is 11.9 Å². The number of aryl methyl sites for hydroxylation is 1. The molecule has 0 saturated carbocycles. The normalized spacial score (nSPS) is 20.3. The topological polar surface area (TPSA) is 74.2 Å². The summed E-state index contributed by atoms with van der Waals surface area (Å²) in [6.45, 7) is 2.04. The molecule has 0 fully saturated rings. The van der Waals surface area contributed by atoms with Gasteiger partial charge in [0.2, 0.25) is 0 Å². The van der Waals surface area contributed by atoms with Gasteiger partial charge in [-0.3, -0.25) is 4.98 Å². The molecule has 0 radical (unpaired) electrons. The summed E-state index contributed by atoms with van der Waals surface area (Å²) in [4.78, 5) is 16.6. The fraction of sp³-hybridized carbons (Fsp3) is 0.294. The number of nitrogens with zero attached hydrogens (tertiary/aromatic N) is 1. The molecular formula is C17H19N3O2. The van der Waals surface area contributed by atoms with Gasteiger partial charge in [0.15, 0.2) is 0 Å². The number of rotatable bonds is 3. The van der Waals surface area contributed by atoms with E-state index in [1.54, 1.807) is 0 Å². The van der Waals surface area contributed by atoms with Gasteiger partial charge in [-0.1, -0.05) is 30.4 Å². The van der Waals surface area contributed by atoms with Crippen LogP contribution in [-0.2, 0) is 0 Å². The minimum absolute atomic E-state index is 0.0400. The molecule has 1 aliphatic carbocycles. The summed E-state index contributed by atoms with van der Waals surface area (Å²) < 4.78 is 0. The first kappa shape index (κ1) is 14.5. The van der Waals surface area contributed by atoms with Crippen LogP contribution in [0.15, 0.2) is 42.5 Å². The Morgan fingerprint density at radius 2 is 2.18 bits per heavy atom. The lowest BCUT2D eigenvalue weighted by atomic mass is 10.1. The largest absolute Gasteiger partial charge is 0.396 e. The van der Waals surface area contributed by atoms with Crippen LogP contribution >= 0.6 is 0 Å². The number of fused-ring (bicyclic) bond motifs is 1. The number of para-hydroxylation sites is 1. The fourth-order valence-corrected chi connectivity index (χ4v) is 2.69. The summed E-state index contributed by atoms with van der Waals surface area (Å²) >= 11 is 0. The van der Waals surface area contributed by atoms with Crippen LogP contribution in [-0.4, -0.2) is 28.8 Å². The quantitative estimate of drug-likeness (QED) is 0.762. The Morgan fingerprint density at radius 3 is 2.95 bits per heavy atom. The zero-order valence-corrected chi connectivity index (χ0v) is 12.4. The summed E-state index contributed by atoms with van der Waals surface area (Å²) in [7, 11) is 0. The van der Waals surface area contributed by atoms with Crippen LogP contribution in [0.25, 0.3) is 10.9 Å². The number of aliphatic hydroxyl groups excluding tert-OH is 1. The highest BCUT2D eigenvalue weighted by Gasteiger charge is 2.19. The number of nitrogens with one attached hydrogen (secondary N) is 2. The molecule has 0 aliphatic heterocycles. The van der Waals surface area contributed by atoms with Gasteiger partial charge in [-0.25, -0.2) is 4.79 Å². The number of hydrogen-bond donors (Lipinski definition) is 3. The molecule has 114 valence electrons. The number of anilines is 1. The first-order chi connectivity index (χ1) is 10.7. The van der Waals surface area contributed by atoms with Crippen molar-refractivity contribution in [2.45, 2.75) is 19.4 Å². The van der Waals surface area contributed by atoms with Crippen molar-refractivity contribution in [3.8, 4) is 0 Å². The third-order valence-corrected chi connectivity index (χ3v) is 3.83. The van der Waals surface area contributed by atoms with Gasteiger partial charge in [-0.2, -0.15) is 0 Å². The van der Waals surface area contributed by atoms with Crippen molar-refractivity contribution in [3.05, 3.63) is 48.2 Å². The van der Waals surface area contributed by atoms with Crippen LogP contribution in [0.1, 0.15) is 12.1 Å². The number of carbonyl (C=O) groups is 1. The third-order valence-electron chi connectivity index (χ3n) is 3.83. The van der Waals surface area contributed by atoms with Crippen LogP contribution in [0, 0.1) is 12.8 Å². The summed E-state index contributed by atoms with van der Waals surface area (Å²) in [5.41, 5.74) is 2.39. The Morgan fingerprint density at radius 1 is 1.32 bits per heavy atom. The molecule has 0 spiro atoms. The zero-order chi connectivity index (χ0) is 15.5. The predicted molar refractivity (Wildman–Crippen MR) is 86.8 cm³/mol. The molecule has 2 atom stereocenters. The number of aliphatic hydroxyl groups is 1. The van der Waals surface area contributed by atoms with E-state index in [9.17, 15) is 4.79 Å². The summed E-state index contributed by atoms with van der Waals surface area (Å²) in [5.74, 6) is 0.132. The molecule has 0 unspecified atom stereocenters. The number of carbonyl (C=O) groups excluding carboxylic acids is 1. The Labute approximate surface area is 129 Å². The zero-order valence-electron chi connectivity index (χ0n) is 12.4. The van der Waals surface area contributed by atoms with E-state index in [0.29, 0.717) is 5.69 Å². The second-order valence-corrected chi connectivity index (χ2v) is 5.60. The smallest absolute Gasteiger partial charge is 0.319 e. The van der Waals surface area contributed by atoms with Gasteiger partial charge in [0.1, 0.15) is 0 Å². The molecule has 3 rings (SSSR count). The Balaban J connectivity index is 1.72. The average Bonchev–Trinajstić information content (AvgIpc) is 2.95. The van der Waals surface area contributed by atoms with E-state index < -0.39 is 0 Å². The lowest BCUT2D eigenvalue weighted by Gasteiger charge is -2.14. The maximum Gasteiger partial charge on any atom is 0.319 e. The number of urea groups is 1. The van der Waals surface area contributed by atoms with E-state index in [0.717, 1.165) is 23.0 Å². The Hall–Kier alpha value is -2.40. The van der Waals surface area contributed by atoms with Gasteiger partial charge < -0.3 is 15.7 Å². The summed E-state index contributed by atoms with van der Waals surface area (Å²) in [5, 5.41) is 15.9. The van der Waals surface area contributed by atoms with Crippen molar-refractivity contribution >= 4 is 22.6 Å². The van der Waals surface area contributed by atoms with E-state index in [1.807, 2.05) is 49.4 Å². The highest BCUT2D eigenvalue weighted by molar-refractivity contribution is 5.99. The number of pyridine rings is 1. The molecular weight excluding hydrogens is 278 g/mol. The lowest BCUT2D eigenvalue weighted by Crippen LogP contribution is -2.36. The first-order valence-corrected chi connectivity index (χ1v) is 7.39. The molecule has 1 aromatic carbocycles. The van der Waals surface area contributed by atoms with Crippen LogP contribution in [0.5, 0.6) is 0 Å². The maximum absolute atomic E-state index is 12.1. The van der Waals surface area contributed by atoms with E-state index >= 15 is 0 Å². The maximum atomic E-state index is 12.1. The van der Waals surface area contributed by atoms with Gasteiger partial charge in [0, 0.05) is 29.6 Å². The van der Waals surface area contributed by atoms with E-state index in [2.05, 4.69) is 15.6 Å². The highest BCUT2D eigenvalue weighted by Crippen LogP contribution is 2.22. The Bertz CT molecular complexity index is 727. The van der Waals surface area contributed by atoms with Gasteiger partial charge in [-0.05, 0) is 25.5 Å². The molecule has 1 heterocycles. The van der Waals surface area contributed by atoms with Gasteiger partial charge >= 0.3 is 6.03 Å². The Kier molecular flexibility index (Phi) is 4.06. The van der Waals surface area contributed by atoms with Crippen LogP contribution in [0.2, 0.25) is 0 Å². The van der Waals surface area contributed by atoms with E-state index in [-0.39, 0.29) is 24.6 Å². The van der Waals surface area contributed by atoms with Crippen LogP contribution < -0.4 is 10.6 Å². The molecule has 3 N–H and O–H groups in total. The van der Waals surface area contributed by atoms with Crippen molar-refractivity contribution in [3.63, 3.8) is 0 Å². The minimum Gasteiger partial charge on any atom is -0.396 e. The fourth-order valence-electron chi connectivity index (χ4n) is 2.69. The number of aromatic nitrogens is 1. The van der Waals surface area contributed by atoms with Gasteiger partial charge in [0.25, 0.3) is 0 Å². The first-order valence-electron chi connectivity index (χ1n) is 7.39. The standard InChI is InChI=1S/C17H19N3O2/c1-11-5-7-13-3-2-4-15(16(13)18-11)20-17(22)19-14-8-6-12(9-14)10-21/h2-8,12,14,21H,9-10H2,1H3,(H2,19,20,22)/t12-,14+/m0/s1. The van der Waals surface area contributed by atoms with Crippen molar-refractivity contribution < 1.29 is 9.90 Å². The van der Waals surface area contributed by atoms with E-state index in [1.165, 1.54) is 0 Å². The number of benzene rings is 1. The molecule has 2 aromatic rings. The third kappa shape index (κ3) is 3.09. The summed E-state index contributed by atoms with van der Waals surface area (Å²) in [6.07, 6.45) is 4.59. The predicted octanol–water partition coefficient (Wildman–Crippen LogP) is 2.60. The van der Waals surface area contributed by atoms with Crippen LogP contribution in [0.4, 0.5) is 10.5 Å². The van der Waals surface area contributed by atoms with E-state index in [4.69, 9.17) is 5.11 Å². The number of amides is 2. The molecule has 5 nitrogen and oxygen atoms in total. The number of hydrogen-bond acceptors (Lipinski definition) is 3. The second kappa shape index (κ2) is 6.15. The summed E-state index contributed by atoms with van der Waals surface area (Å²) in [6, 6.07) is 9.35. The van der Waals surface area contributed by atoms with Crippen molar-refractivity contribution in [1.29, 1.82) is 0 Å². The molecule has 1 aliphatic rings. The molecule has 5 heteroatoms. The monoisotopic (exact) mass is 297 g/mol. The lowest BCUT2D eigenvalue weighted by molar-refractivity contribution is 0.238. The molecule has 1 aromatic heterocycles. The molecule has 2 amide bonds. The van der Waals surface area contributed by atoms with Gasteiger partial charge in [-0.15, -0.1) is 0 Å². The van der Waals surface area contributed by atoms with Gasteiger partial charge in [0.05, 0.1) is 11.2 Å². The average molecular weight is 297 g/mol. The molecule has 0 saturated heterocycles. The minimum atomic E-state index is -0.260. The highest BCUT2D eigenvalue weighted by atomic mass is 16.3. The molecule has 0 bridgehead atoms. The van der Waals surface area contributed by atoms with Crippen LogP contribution in [0.3, 0.4) is 0 Å².